The van der Waals surface area contributed by atoms with Gasteiger partial charge in [0.1, 0.15) is 12.1 Å². The first-order chi connectivity index (χ1) is 11.9. The van der Waals surface area contributed by atoms with Crippen LogP contribution < -0.4 is 16.0 Å². The van der Waals surface area contributed by atoms with Crippen molar-refractivity contribution in [3.05, 3.63) is 0 Å². The smallest absolute Gasteiger partial charge is 0.325 e. The van der Waals surface area contributed by atoms with Crippen LogP contribution in [0.1, 0.15) is 58.8 Å². The van der Waals surface area contributed by atoms with Crippen molar-refractivity contribution < 1.29 is 19.2 Å². The van der Waals surface area contributed by atoms with Crippen LogP contribution >= 0.6 is 0 Å². The molecule has 1 heterocycles. The molecule has 0 radical (unpaired) electrons. The number of amides is 6. The van der Waals surface area contributed by atoms with E-state index in [9.17, 15) is 19.2 Å². The zero-order valence-electron chi connectivity index (χ0n) is 15.0. The number of urea groups is 2. The van der Waals surface area contributed by atoms with Crippen molar-refractivity contribution in [2.75, 3.05) is 13.1 Å². The third-order valence-corrected chi connectivity index (χ3v) is 5.15. The van der Waals surface area contributed by atoms with Crippen LogP contribution in [-0.4, -0.2) is 47.4 Å². The maximum absolute atomic E-state index is 12.7. The van der Waals surface area contributed by atoms with Gasteiger partial charge in [0.15, 0.2) is 0 Å². The van der Waals surface area contributed by atoms with E-state index in [1.54, 1.807) is 0 Å². The number of hydrogen-bond donors (Lipinski definition) is 3. The predicted molar refractivity (Wildman–Crippen MR) is 91.7 cm³/mol. The summed E-state index contributed by atoms with van der Waals surface area (Å²) < 4.78 is 0. The summed E-state index contributed by atoms with van der Waals surface area (Å²) in [5.41, 5.74) is -0.869. The molecule has 0 unspecified atom stereocenters. The highest BCUT2D eigenvalue weighted by Gasteiger charge is 2.52. The molecule has 8 heteroatoms. The Morgan fingerprint density at radius 2 is 1.92 bits per heavy atom. The van der Waals surface area contributed by atoms with Crippen LogP contribution in [0.4, 0.5) is 9.59 Å². The van der Waals surface area contributed by atoms with Crippen molar-refractivity contribution in [3.8, 4) is 0 Å². The maximum Gasteiger partial charge on any atom is 0.325 e. The van der Waals surface area contributed by atoms with Crippen LogP contribution in [-0.2, 0) is 9.59 Å². The van der Waals surface area contributed by atoms with Gasteiger partial charge in [-0.2, -0.15) is 0 Å². The standard InChI is InChI=1S/C17H28N4O4/c1-3-5-10-18-15(24)19-13(22)11-21-14(23)17(20-16(21)25)8-6-12(4-2)7-9-17/h12H,3-11H2,1-2H3,(H,20,25)(H2,18,19,22,24). The van der Waals surface area contributed by atoms with Gasteiger partial charge in [-0.25, -0.2) is 9.59 Å². The SMILES string of the molecule is CCCCNC(=O)NC(=O)CN1C(=O)NC2(CCC(CC)CC2)C1=O. The number of imide groups is 2. The molecule has 1 aliphatic carbocycles. The number of carbonyl (C=O) groups excluding carboxylic acids is 4. The van der Waals surface area contributed by atoms with Gasteiger partial charge in [-0.3, -0.25) is 19.8 Å². The molecular formula is C17H28N4O4. The summed E-state index contributed by atoms with van der Waals surface area (Å²) in [5.74, 6) is -0.440. The summed E-state index contributed by atoms with van der Waals surface area (Å²) in [6, 6.07) is -1.16. The molecular weight excluding hydrogens is 324 g/mol. The number of unbranched alkanes of at least 4 members (excludes halogenated alkanes) is 1. The topological polar surface area (TPSA) is 108 Å². The van der Waals surface area contributed by atoms with Crippen molar-refractivity contribution in [3.63, 3.8) is 0 Å². The Balaban J connectivity index is 1.88. The van der Waals surface area contributed by atoms with E-state index in [-0.39, 0.29) is 5.91 Å². The molecule has 1 aliphatic heterocycles. The minimum atomic E-state index is -0.869. The van der Waals surface area contributed by atoms with Gasteiger partial charge in [0, 0.05) is 6.54 Å². The lowest BCUT2D eigenvalue weighted by molar-refractivity contribution is -0.135. The van der Waals surface area contributed by atoms with Crippen molar-refractivity contribution in [2.24, 2.45) is 5.92 Å². The van der Waals surface area contributed by atoms with E-state index in [0.717, 1.165) is 37.0 Å². The van der Waals surface area contributed by atoms with Crippen LogP contribution in [0.2, 0.25) is 0 Å². The molecule has 0 aromatic rings. The van der Waals surface area contributed by atoms with Crippen LogP contribution in [0.15, 0.2) is 0 Å². The molecule has 1 spiro atoms. The minimum absolute atomic E-state index is 0.353. The molecule has 2 aliphatic rings. The lowest BCUT2D eigenvalue weighted by atomic mass is 9.75. The van der Waals surface area contributed by atoms with Crippen molar-refractivity contribution >= 4 is 23.9 Å². The number of carbonyl (C=O) groups is 4. The first kappa shape index (κ1) is 19.2. The fraction of sp³-hybridized carbons (Fsp3) is 0.765. The van der Waals surface area contributed by atoms with E-state index >= 15 is 0 Å². The Morgan fingerprint density at radius 3 is 2.52 bits per heavy atom. The first-order valence-electron chi connectivity index (χ1n) is 9.13. The predicted octanol–water partition coefficient (Wildman–Crippen LogP) is 1.50. The Hall–Kier alpha value is -2.12. The molecule has 25 heavy (non-hydrogen) atoms. The number of hydrogen-bond acceptors (Lipinski definition) is 4. The fourth-order valence-electron chi connectivity index (χ4n) is 3.47. The summed E-state index contributed by atoms with van der Waals surface area (Å²) >= 11 is 0. The molecule has 6 amide bonds. The molecule has 1 saturated carbocycles. The van der Waals surface area contributed by atoms with Crippen molar-refractivity contribution in [1.29, 1.82) is 0 Å². The summed E-state index contributed by atoms with van der Waals surface area (Å²) in [4.78, 5) is 49.3. The van der Waals surface area contributed by atoms with Crippen LogP contribution in [0.5, 0.6) is 0 Å². The van der Waals surface area contributed by atoms with E-state index in [0.29, 0.717) is 25.3 Å². The lowest BCUT2D eigenvalue weighted by Crippen LogP contribution is -2.50. The van der Waals surface area contributed by atoms with Gasteiger partial charge in [-0.05, 0) is 38.0 Å². The molecule has 8 nitrogen and oxygen atoms in total. The molecule has 3 N–H and O–H groups in total. The van der Waals surface area contributed by atoms with E-state index in [2.05, 4.69) is 22.9 Å². The zero-order chi connectivity index (χ0) is 18.4. The van der Waals surface area contributed by atoms with Crippen LogP contribution in [0.3, 0.4) is 0 Å². The van der Waals surface area contributed by atoms with E-state index in [1.165, 1.54) is 0 Å². The highest BCUT2D eigenvalue weighted by Crippen LogP contribution is 2.37. The lowest BCUT2D eigenvalue weighted by Gasteiger charge is -2.34. The highest BCUT2D eigenvalue weighted by molar-refractivity contribution is 6.10. The van der Waals surface area contributed by atoms with Crippen molar-refractivity contribution in [2.45, 2.75) is 64.3 Å². The molecule has 2 rings (SSSR count). The monoisotopic (exact) mass is 352 g/mol. The maximum atomic E-state index is 12.7. The van der Waals surface area contributed by atoms with Gasteiger partial charge >= 0.3 is 12.1 Å². The second-order valence-electron chi connectivity index (χ2n) is 6.91. The van der Waals surface area contributed by atoms with E-state index in [4.69, 9.17) is 0 Å². The van der Waals surface area contributed by atoms with E-state index < -0.39 is 30.1 Å². The summed E-state index contributed by atoms with van der Waals surface area (Å²) in [7, 11) is 0. The van der Waals surface area contributed by atoms with Crippen LogP contribution in [0, 0.1) is 5.92 Å². The molecule has 1 saturated heterocycles. The van der Waals surface area contributed by atoms with Crippen LogP contribution in [0.25, 0.3) is 0 Å². The quantitative estimate of drug-likeness (QED) is 0.497. The molecule has 0 atom stereocenters. The summed E-state index contributed by atoms with van der Waals surface area (Å²) in [6.07, 6.45) is 5.80. The third-order valence-electron chi connectivity index (χ3n) is 5.15. The third kappa shape index (κ3) is 4.49. The molecule has 2 fully saturated rings. The Bertz CT molecular complexity index is 541. The van der Waals surface area contributed by atoms with Crippen molar-refractivity contribution in [1.82, 2.24) is 20.9 Å². The Labute approximate surface area is 148 Å². The van der Waals surface area contributed by atoms with Gasteiger partial charge in [0.2, 0.25) is 5.91 Å². The first-order valence-corrected chi connectivity index (χ1v) is 9.13. The summed E-state index contributed by atoms with van der Waals surface area (Å²) in [5, 5.41) is 7.48. The largest absolute Gasteiger partial charge is 0.338 e. The molecule has 0 bridgehead atoms. The minimum Gasteiger partial charge on any atom is -0.338 e. The average Bonchev–Trinajstić information content (AvgIpc) is 2.80. The molecule has 140 valence electrons. The summed E-state index contributed by atoms with van der Waals surface area (Å²) in [6.45, 7) is 4.15. The Kier molecular flexibility index (Phi) is 6.39. The number of nitrogens with one attached hydrogen (secondary N) is 3. The molecule has 0 aromatic carbocycles. The molecule has 0 aromatic heterocycles. The van der Waals surface area contributed by atoms with Gasteiger partial charge in [-0.15, -0.1) is 0 Å². The highest BCUT2D eigenvalue weighted by atomic mass is 16.2. The van der Waals surface area contributed by atoms with Gasteiger partial charge in [0.05, 0.1) is 0 Å². The average molecular weight is 352 g/mol. The normalized spacial score (nSPS) is 25.8. The Morgan fingerprint density at radius 1 is 1.24 bits per heavy atom. The number of rotatable bonds is 6. The van der Waals surface area contributed by atoms with Gasteiger partial charge in [0.25, 0.3) is 5.91 Å². The zero-order valence-corrected chi connectivity index (χ0v) is 15.0. The fourth-order valence-corrected chi connectivity index (χ4v) is 3.47. The second-order valence-corrected chi connectivity index (χ2v) is 6.91. The van der Waals surface area contributed by atoms with E-state index in [1.807, 2.05) is 6.92 Å². The number of nitrogens with zero attached hydrogens (tertiary/aromatic N) is 1. The van der Waals surface area contributed by atoms with Gasteiger partial charge in [-0.1, -0.05) is 26.7 Å². The second kappa shape index (κ2) is 8.31. The van der Waals surface area contributed by atoms with Gasteiger partial charge < -0.3 is 10.6 Å².